The molecule has 8 nitrogen and oxygen atoms in total. The van der Waals surface area contributed by atoms with Gasteiger partial charge in [0.25, 0.3) is 23.4 Å². The van der Waals surface area contributed by atoms with Gasteiger partial charge in [-0.3, -0.25) is 24.5 Å². The van der Waals surface area contributed by atoms with E-state index in [4.69, 9.17) is 0 Å². The summed E-state index contributed by atoms with van der Waals surface area (Å²) in [5.74, 6) is -2.49. The van der Waals surface area contributed by atoms with Gasteiger partial charge in [-0.2, -0.15) is 5.01 Å². The van der Waals surface area contributed by atoms with Gasteiger partial charge in [-0.1, -0.05) is 45.8 Å². The fourth-order valence-corrected chi connectivity index (χ4v) is 4.42. The third-order valence-corrected chi connectivity index (χ3v) is 6.35. The fraction of sp³-hybridized carbons (Fsp3) is 0.261. The molecule has 0 spiro atoms. The molecule has 4 rings (SSSR count). The zero-order valence-electron chi connectivity index (χ0n) is 17.2. The van der Waals surface area contributed by atoms with Crippen LogP contribution < -0.4 is 0 Å². The summed E-state index contributed by atoms with van der Waals surface area (Å²) in [5, 5.41) is 13.2. The monoisotopic (exact) mass is 497 g/mol. The molecule has 32 heavy (non-hydrogen) atoms. The predicted molar refractivity (Wildman–Crippen MR) is 119 cm³/mol. The van der Waals surface area contributed by atoms with Crippen LogP contribution in [0.4, 0.5) is 5.69 Å². The van der Waals surface area contributed by atoms with Crippen LogP contribution in [0.3, 0.4) is 0 Å². The lowest BCUT2D eigenvalue weighted by atomic mass is 9.82. The Hall–Kier alpha value is -3.33. The molecule has 0 N–H and O–H groups in total. The van der Waals surface area contributed by atoms with Crippen molar-refractivity contribution in [1.82, 2.24) is 10.0 Å². The molecular formula is C23H20BrN3O5. The minimum absolute atomic E-state index is 0.0288. The van der Waals surface area contributed by atoms with Gasteiger partial charge in [-0.15, -0.1) is 0 Å². The highest BCUT2D eigenvalue weighted by Crippen LogP contribution is 2.39. The number of fused-ring (bicyclic) bond motifs is 1. The number of carbonyl (C=O) groups excluding carboxylic acids is 3. The molecule has 164 valence electrons. The van der Waals surface area contributed by atoms with Crippen LogP contribution in [0.5, 0.6) is 0 Å². The van der Waals surface area contributed by atoms with Gasteiger partial charge in [-0.05, 0) is 43.5 Å². The zero-order chi connectivity index (χ0) is 23.0. The lowest BCUT2D eigenvalue weighted by Crippen LogP contribution is -2.49. The highest BCUT2D eigenvalue weighted by Gasteiger charge is 2.51. The molecular weight excluding hydrogens is 478 g/mol. The van der Waals surface area contributed by atoms with Crippen LogP contribution in [0.2, 0.25) is 0 Å². The van der Waals surface area contributed by atoms with Gasteiger partial charge in [0, 0.05) is 22.2 Å². The van der Waals surface area contributed by atoms with E-state index in [1.807, 2.05) is 13.0 Å². The second-order valence-corrected chi connectivity index (χ2v) is 8.90. The Balaban J connectivity index is 1.72. The lowest BCUT2D eigenvalue weighted by molar-refractivity contribution is -0.384. The molecule has 1 fully saturated rings. The van der Waals surface area contributed by atoms with Crippen molar-refractivity contribution in [2.24, 2.45) is 11.8 Å². The number of hydrogen-bond acceptors (Lipinski definition) is 5. The fourth-order valence-electron chi connectivity index (χ4n) is 4.16. The normalized spacial score (nSPS) is 20.1. The highest BCUT2D eigenvalue weighted by atomic mass is 79.9. The molecule has 0 aromatic heterocycles. The van der Waals surface area contributed by atoms with Gasteiger partial charge >= 0.3 is 0 Å². The first-order valence-electron chi connectivity index (χ1n) is 10.1. The number of nitrogens with zero attached hydrogens (tertiary/aromatic N) is 3. The van der Waals surface area contributed by atoms with Crippen LogP contribution in [0.15, 0.2) is 64.7 Å². The van der Waals surface area contributed by atoms with Crippen molar-refractivity contribution in [1.29, 1.82) is 0 Å². The predicted octanol–water partition coefficient (Wildman–Crippen LogP) is 4.26. The summed E-state index contributed by atoms with van der Waals surface area (Å²) in [6, 6.07) is 12.4. The summed E-state index contributed by atoms with van der Waals surface area (Å²) in [6.07, 6.45) is 2.88. The van der Waals surface area contributed by atoms with Gasteiger partial charge in [0.05, 0.1) is 23.3 Å². The van der Waals surface area contributed by atoms with Crippen molar-refractivity contribution in [2.45, 2.75) is 26.3 Å². The number of amides is 3. The number of nitro groups is 1. The molecule has 2 aromatic carbocycles. The zero-order valence-corrected chi connectivity index (χ0v) is 18.8. The van der Waals surface area contributed by atoms with Gasteiger partial charge < -0.3 is 0 Å². The van der Waals surface area contributed by atoms with E-state index in [-0.39, 0.29) is 17.8 Å². The Labute approximate surface area is 192 Å². The average molecular weight is 498 g/mol. The van der Waals surface area contributed by atoms with Crippen LogP contribution in [-0.2, 0) is 16.1 Å². The van der Waals surface area contributed by atoms with E-state index in [1.165, 1.54) is 18.2 Å². The van der Waals surface area contributed by atoms with E-state index in [0.29, 0.717) is 18.4 Å². The summed E-state index contributed by atoms with van der Waals surface area (Å²) >= 11 is 3.36. The number of rotatable bonds is 5. The number of allylic oxidation sites excluding steroid dienone is 2. The number of halogens is 1. The summed E-state index contributed by atoms with van der Waals surface area (Å²) < 4.78 is 0.846. The number of hydrazine groups is 1. The summed E-state index contributed by atoms with van der Waals surface area (Å²) in [5.41, 5.74) is 1.53. The number of hydrogen-bond donors (Lipinski definition) is 0. The Kier molecular flexibility index (Phi) is 5.92. The maximum Gasteiger partial charge on any atom is 0.273 e. The minimum atomic E-state index is -0.651. The van der Waals surface area contributed by atoms with Crippen molar-refractivity contribution in [3.8, 4) is 0 Å². The molecule has 1 heterocycles. The van der Waals surface area contributed by atoms with Crippen molar-refractivity contribution in [2.75, 3.05) is 0 Å². The smallest absolute Gasteiger partial charge is 0.272 e. The quantitative estimate of drug-likeness (QED) is 0.266. The van der Waals surface area contributed by atoms with Crippen LogP contribution in [0, 0.1) is 22.0 Å². The van der Waals surface area contributed by atoms with Gasteiger partial charge in [0.2, 0.25) is 0 Å². The molecule has 0 saturated carbocycles. The average Bonchev–Trinajstić information content (AvgIpc) is 3.02. The molecule has 3 amide bonds. The van der Waals surface area contributed by atoms with Crippen LogP contribution >= 0.6 is 15.9 Å². The Morgan fingerprint density at radius 1 is 1.16 bits per heavy atom. The lowest BCUT2D eigenvalue weighted by Gasteiger charge is -2.30. The molecule has 2 aromatic rings. The maximum atomic E-state index is 13.5. The number of nitro benzene ring substituents is 1. The van der Waals surface area contributed by atoms with Crippen molar-refractivity contribution >= 4 is 39.3 Å². The van der Waals surface area contributed by atoms with Gasteiger partial charge in [-0.25, -0.2) is 5.01 Å². The van der Waals surface area contributed by atoms with E-state index < -0.39 is 34.5 Å². The van der Waals surface area contributed by atoms with Crippen molar-refractivity contribution in [3.63, 3.8) is 0 Å². The molecule has 2 aliphatic rings. The Bertz CT molecular complexity index is 1140. The summed E-state index contributed by atoms with van der Waals surface area (Å²) in [6.45, 7) is 1.89. The van der Waals surface area contributed by atoms with E-state index in [1.54, 1.807) is 24.3 Å². The first-order valence-corrected chi connectivity index (χ1v) is 10.9. The van der Waals surface area contributed by atoms with Crippen molar-refractivity contribution in [3.05, 3.63) is 85.9 Å². The van der Waals surface area contributed by atoms with Gasteiger partial charge in [0.15, 0.2) is 0 Å². The molecule has 9 heteroatoms. The first kappa shape index (κ1) is 21.9. The largest absolute Gasteiger partial charge is 0.273 e. The molecule has 0 radical (unpaired) electrons. The summed E-state index contributed by atoms with van der Waals surface area (Å²) in [4.78, 5) is 50.5. The first-order chi connectivity index (χ1) is 15.3. The van der Waals surface area contributed by atoms with E-state index in [2.05, 4.69) is 15.9 Å². The van der Waals surface area contributed by atoms with Crippen LogP contribution in [-0.4, -0.2) is 32.7 Å². The number of benzene rings is 2. The van der Waals surface area contributed by atoms with E-state index in [9.17, 15) is 24.5 Å². The number of carbonyl (C=O) groups is 3. The van der Waals surface area contributed by atoms with Crippen LogP contribution in [0.1, 0.15) is 35.7 Å². The number of non-ortho nitro benzene ring substituents is 1. The molecule has 2 atom stereocenters. The molecule has 1 aliphatic carbocycles. The van der Waals surface area contributed by atoms with Crippen molar-refractivity contribution < 1.29 is 19.3 Å². The maximum absolute atomic E-state index is 13.5. The van der Waals surface area contributed by atoms with E-state index >= 15 is 0 Å². The molecule has 1 saturated heterocycles. The second kappa shape index (κ2) is 8.66. The molecule has 1 aliphatic heterocycles. The topological polar surface area (TPSA) is 101 Å². The SMILES string of the molecule is CC1=CC[C@H]2C(=O)N(N(Cc3ccc(Br)cc3)C(=O)c3cccc([N+](=O)[O-])c3)C(=O)[C@@H]2C1. The third-order valence-electron chi connectivity index (χ3n) is 5.83. The second-order valence-electron chi connectivity index (χ2n) is 7.99. The highest BCUT2D eigenvalue weighted by molar-refractivity contribution is 9.10. The summed E-state index contributed by atoms with van der Waals surface area (Å²) in [7, 11) is 0. The van der Waals surface area contributed by atoms with Gasteiger partial charge in [0.1, 0.15) is 0 Å². The van der Waals surface area contributed by atoms with E-state index in [0.717, 1.165) is 26.1 Å². The van der Waals surface area contributed by atoms with Crippen LogP contribution in [0.25, 0.3) is 0 Å². The molecule has 0 bridgehead atoms. The standard InChI is InChI=1S/C23H20BrN3O5/c1-14-5-10-19-20(11-14)23(30)26(22(19)29)25(13-15-6-8-17(24)9-7-15)21(28)16-3-2-4-18(12-16)27(31)32/h2-9,12,19-20H,10-11,13H2,1H3/t19-,20-/m1/s1. The molecule has 0 unspecified atom stereocenters. The number of imide groups is 1. The Morgan fingerprint density at radius 3 is 2.53 bits per heavy atom. The third kappa shape index (κ3) is 4.08. The minimum Gasteiger partial charge on any atom is -0.272 e. The Morgan fingerprint density at radius 2 is 1.84 bits per heavy atom.